The summed E-state index contributed by atoms with van der Waals surface area (Å²) in [4.78, 5) is 11.1. The summed E-state index contributed by atoms with van der Waals surface area (Å²) in [5.41, 5.74) is 0.921. The van der Waals surface area contributed by atoms with E-state index in [4.69, 9.17) is 27.9 Å². The summed E-state index contributed by atoms with van der Waals surface area (Å²) >= 11 is 12.2. The third-order valence-electron chi connectivity index (χ3n) is 2.72. The first-order valence-corrected chi connectivity index (χ1v) is 7.36. The lowest BCUT2D eigenvalue weighted by Crippen LogP contribution is -2.18. The van der Waals surface area contributed by atoms with Crippen molar-refractivity contribution >= 4 is 29.1 Å². The van der Waals surface area contributed by atoms with Crippen molar-refractivity contribution in [3.8, 4) is 5.75 Å². The second-order valence-corrected chi connectivity index (χ2v) is 5.13. The third kappa shape index (κ3) is 5.57. The molecule has 0 aliphatic carbocycles. The van der Waals surface area contributed by atoms with Gasteiger partial charge >= 0.3 is 0 Å². The highest BCUT2D eigenvalue weighted by atomic mass is 35.5. The predicted octanol–water partition coefficient (Wildman–Crippen LogP) is 3.01. The summed E-state index contributed by atoms with van der Waals surface area (Å²) in [6.07, 6.45) is 1.07. The molecule has 2 N–H and O–H groups in total. The van der Waals surface area contributed by atoms with Crippen LogP contribution in [-0.2, 0) is 11.3 Å². The van der Waals surface area contributed by atoms with Gasteiger partial charge in [-0.25, -0.2) is 0 Å². The Bertz CT molecular complexity index is 453. The van der Waals surface area contributed by atoms with Gasteiger partial charge in [-0.1, -0.05) is 30.1 Å². The molecule has 1 aromatic carbocycles. The quantitative estimate of drug-likeness (QED) is 0.724. The number of halogens is 2. The van der Waals surface area contributed by atoms with Crippen LogP contribution in [0.5, 0.6) is 5.75 Å². The Labute approximate surface area is 129 Å². The van der Waals surface area contributed by atoms with Crippen molar-refractivity contribution in [2.75, 3.05) is 20.2 Å². The monoisotopic (exact) mass is 318 g/mol. The lowest BCUT2D eigenvalue weighted by molar-refractivity contribution is -0.120. The van der Waals surface area contributed by atoms with Gasteiger partial charge in [0.2, 0.25) is 5.91 Å². The Kier molecular flexibility index (Phi) is 7.73. The molecule has 20 heavy (non-hydrogen) atoms. The van der Waals surface area contributed by atoms with E-state index in [1.165, 1.54) is 0 Å². The van der Waals surface area contributed by atoms with Gasteiger partial charge in [0, 0.05) is 30.6 Å². The Hall–Kier alpha value is -0.970. The second kappa shape index (κ2) is 9.06. The third-order valence-corrected chi connectivity index (χ3v) is 3.22. The number of carbonyl (C=O) groups excluding carboxylic acids is 1. The zero-order valence-electron chi connectivity index (χ0n) is 11.8. The molecule has 0 spiro atoms. The number of hydrogen-bond acceptors (Lipinski definition) is 3. The number of amides is 1. The van der Waals surface area contributed by atoms with Crippen LogP contribution in [0.1, 0.15) is 25.3 Å². The maximum atomic E-state index is 11.1. The normalized spacial score (nSPS) is 10.4. The van der Waals surface area contributed by atoms with Gasteiger partial charge in [0.05, 0.1) is 11.6 Å². The molecule has 0 bridgehead atoms. The molecule has 4 nitrogen and oxygen atoms in total. The Balaban J connectivity index is 2.64. The predicted molar refractivity (Wildman–Crippen MR) is 82.6 cm³/mol. The standard InChI is InChI=1S/C14H20Cl2N2O2/c1-3-18-9-10-7-11(15)8-12(16)14(10)20-6-4-5-13(19)17-2/h7-8,18H,3-6,9H2,1-2H3,(H,17,19). The average Bonchev–Trinajstić information content (AvgIpc) is 2.42. The summed E-state index contributed by atoms with van der Waals surface area (Å²) in [6.45, 7) is 3.95. The van der Waals surface area contributed by atoms with E-state index in [9.17, 15) is 4.79 Å². The van der Waals surface area contributed by atoms with E-state index < -0.39 is 0 Å². The van der Waals surface area contributed by atoms with Gasteiger partial charge in [0.25, 0.3) is 0 Å². The van der Waals surface area contributed by atoms with E-state index >= 15 is 0 Å². The largest absolute Gasteiger partial charge is 0.492 e. The Morgan fingerprint density at radius 2 is 2.10 bits per heavy atom. The van der Waals surface area contributed by atoms with Crippen molar-refractivity contribution in [1.29, 1.82) is 0 Å². The minimum Gasteiger partial charge on any atom is -0.492 e. The van der Waals surface area contributed by atoms with E-state index in [-0.39, 0.29) is 5.91 Å². The number of rotatable bonds is 8. The lowest BCUT2D eigenvalue weighted by Gasteiger charge is -2.14. The first-order chi connectivity index (χ1) is 9.58. The van der Waals surface area contributed by atoms with Crippen molar-refractivity contribution in [3.63, 3.8) is 0 Å². The maximum absolute atomic E-state index is 11.1. The van der Waals surface area contributed by atoms with Crippen LogP contribution in [0.15, 0.2) is 12.1 Å². The van der Waals surface area contributed by atoms with E-state index in [0.29, 0.717) is 41.8 Å². The highest BCUT2D eigenvalue weighted by Crippen LogP contribution is 2.32. The van der Waals surface area contributed by atoms with Crippen LogP contribution in [0.4, 0.5) is 0 Å². The number of benzene rings is 1. The highest BCUT2D eigenvalue weighted by molar-refractivity contribution is 6.35. The van der Waals surface area contributed by atoms with E-state index in [2.05, 4.69) is 10.6 Å². The van der Waals surface area contributed by atoms with E-state index in [1.807, 2.05) is 13.0 Å². The zero-order valence-corrected chi connectivity index (χ0v) is 13.3. The molecule has 0 aromatic heterocycles. The van der Waals surface area contributed by atoms with Crippen LogP contribution in [0.2, 0.25) is 10.0 Å². The highest BCUT2D eigenvalue weighted by Gasteiger charge is 2.10. The minimum atomic E-state index is 0.00340. The lowest BCUT2D eigenvalue weighted by atomic mass is 10.2. The number of hydrogen-bond donors (Lipinski definition) is 2. The molecular weight excluding hydrogens is 299 g/mol. The molecule has 0 aliphatic rings. The van der Waals surface area contributed by atoms with Crippen LogP contribution >= 0.6 is 23.2 Å². The fraction of sp³-hybridized carbons (Fsp3) is 0.500. The Morgan fingerprint density at radius 3 is 2.75 bits per heavy atom. The molecule has 1 amide bonds. The van der Waals surface area contributed by atoms with Crippen molar-refractivity contribution in [2.45, 2.75) is 26.3 Å². The first-order valence-electron chi connectivity index (χ1n) is 6.60. The topological polar surface area (TPSA) is 50.4 Å². The molecule has 0 saturated carbocycles. The van der Waals surface area contributed by atoms with Crippen LogP contribution < -0.4 is 15.4 Å². The van der Waals surface area contributed by atoms with Crippen molar-refractivity contribution in [1.82, 2.24) is 10.6 Å². The van der Waals surface area contributed by atoms with Gasteiger partial charge in [0.15, 0.2) is 0 Å². The zero-order chi connectivity index (χ0) is 15.0. The van der Waals surface area contributed by atoms with Gasteiger partial charge in [0.1, 0.15) is 5.75 Å². The van der Waals surface area contributed by atoms with Crippen LogP contribution in [0, 0.1) is 0 Å². The smallest absolute Gasteiger partial charge is 0.219 e. The van der Waals surface area contributed by atoms with E-state index in [0.717, 1.165) is 12.1 Å². The molecule has 1 rings (SSSR count). The number of carbonyl (C=O) groups is 1. The molecule has 0 radical (unpaired) electrons. The maximum Gasteiger partial charge on any atom is 0.219 e. The Morgan fingerprint density at radius 1 is 1.35 bits per heavy atom. The molecule has 0 aliphatic heterocycles. The van der Waals surface area contributed by atoms with Crippen molar-refractivity contribution in [3.05, 3.63) is 27.7 Å². The molecule has 6 heteroatoms. The van der Waals surface area contributed by atoms with Gasteiger partial charge in [-0.2, -0.15) is 0 Å². The van der Waals surface area contributed by atoms with Crippen molar-refractivity contribution < 1.29 is 9.53 Å². The molecule has 0 unspecified atom stereocenters. The molecule has 0 saturated heterocycles. The van der Waals surface area contributed by atoms with Crippen LogP contribution in [0.3, 0.4) is 0 Å². The summed E-state index contributed by atoms with van der Waals surface area (Å²) in [5.74, 6) is 0.637. The van der Waals surface area contributed by atoms with Gasteiger partial charge in [-0.05, 0) is 25.1 Å². The van der Waals surface area contributed by atoms with Crippen molar-refractivity contribution in [2.24, 2.45) is 0 Å². The van der Waals surface area contributed by atoms with Gasteiger partial charge in [-0.3, -0.25) is 4.79 Å². The first kappa shape index (κ1) is 17.1. The van der Waals surface area contributed by atoms with Crippen LogP contribution in [0.25, 0.3) is 0 Å². The molecule has 0 heterocycles. The fourth-order valence-corrected chi connectivity index (χ4v) is 2.29. The van der Waals surface area contributed by atoms with Crippen LogP contribution in [-0.4, -0.2) is 26.1 Å². The second-order valence-electron chi connectivity index (χ2n) is 4.28. The molecule has 1 aromatic rings. The molecular formula is C14H20Cl2N2O2. The molecule has 112 valence electrons. The van der Waals surface area contributed by atoms with Gasteiger partial charge in [-0.15, -0.1) is 0 Å². The van der Waals surface area contributed by atoms with E-state index in [1.54, 1.807) is 13.1 Å². The average molecular weight is 319 g/mol. The van der Waals surface area contributed by atoms with Gasteiger partial charge < -0.3 is 15.4 Å². The molecule has 0 fully saturated rings. The summed E-state index contributed by atoms with van der Waals surface area (Å²) in [6, 6.07) is 3.50. The molecule has 0 atom stereocenters. The number of nitrogens with one attached hydrogen (secondary N) is 2. The fourth-order valence-electron chi connectivity index (χ4n) is 1.70. The summed E-state index contributed by atoms with van der Waals surface area (Å²) in [5, 5.41) is 6.86. The minimum absolute atomic E-state index is 0.00340. The summed E-state index contributed by atoms with van der Waals surface area (Å²) < 4.78 is 5.70. The number of ether oxygens (including phenoxy) is 1. The SMILES string of the molecule is CCNCc1cc(Cl)cc(Cl)c1OCCCC(=O)NC. The summed E-state index contributed by atoms with van der Waals surface area (Å²) in [7, 11) is 1.62.